The summed E-state index contributed by atoms with van der Waals surface area (Å²) in [5, 5.41) is 3.06. The number of aromatic amines is 1. The first kappa shape index (κ1) is 20.5. The van der Waals surface area contributed by atoms with Crippen LogP contribution >= 0.6 is 0 Å². The number of benzene rings is 1. The van der Waals surface area contributed by atoms with E-state index < -0.39 is 0 Å². The zero-order chi connectivity index (χ0) is 21.3. The molecule has 6 nitrogen and oxygen atoms in total. The summed E-state index contributed by atoms with van der Waals surface area (Å²) in [5.74, 6) is 1.92. The average Bonchev–Trinajstić information content (AvgIpc) is 3.15. The Balaban J connectivity index is 1.53. The van der Waals surface area contributed by atoms with Gasteiger partial charge in [-0.05, 0) is 88.5 Å². The highest BCUT2D eigenvalue weighted by Crippen LogP contribution is 2.29. The lowest BCUT2D eigenvalue weighted by Crippen LogP contribution is -2.37. The number of pyridine rings is 1. The lowest BCUT2D eigenvalue weighted by Gasteiger charge is -2.33. The van der Waals surface area contributed by atoms with Crippen LogP contribution in [0.3, 0.4) is 0 Å². The molecule has 30 heavy (non-hydrogen) atoms. The Kier molecular flexibility index (Phi) is 5.86. The van der Waals surface area contributed by atoms with Crippen LogP contribution in [0.2, 0.25) is 0 Å². The number of fused-ring (bicyclic) bond motifs is 1. The van der Waals surface area contributed by atoms with Gasteiger partial charge in [-0.3, -0.25) is 4.79 Å². The number of hydrogen-bond donors (Lipinski definition) is 2. The van der Waals surface area contributed by atoms with Crippen molar-refractivity contribution < 1.29 is 4.79 Å². The molecule has 0 spiro atoms. The van der Waals surface area contributed by atoms with Crippen molar-refractivity contribution in [2.75, 3.05) is 25.5 Å². The molecule has 1 aliphatic heterocycles. The van der Waals surface area contributed by atoms with E-state index >= 15 is 0 Å². The van der Waals surface area contributed by atoms with Gasteiger partial charge < -0.3 is 15.2 Å². The molecule has 1 saturated heterocycles. The molecule has 3 aromatic rings. The van der Waals surface area contributed by atoms with Gasteiger partial charge in [0.25, 0.3) is 0 Å². The van der Waals surface area contributed by atoms with Crippen molar-refractivity contribution in [1.29, 1.82) is 0 Å². The minimum Gasteiger partial charge on any atom is -0.338 e. The Morgan fingerprint density at radius 3 is 2.77 bits per heavy atom. The fourth-order valence-electron chi connectivity index (χ4n) is 4.64. The van der Waals surface area contributed by atoms with Crippen LogP contribution < -0.4 is 5.32 Å². The molecule has 0 radical (unpaired) electrons. The van der Waals surface area contributed by atoms with Crippen LogP contribution in [-0.2, 0) is 4.79 Å². The largest absolute Gasteiger partial charge is 0.338 e. The number of imidazole rings is 1. The number of carbonyl (C=O) groups is 1. The van der Waals surface area contributed by atoms with E-state index in [-0.39, 0.29) is 11.8 Å². The van der Waals surface area contributed by atoms with Crippen LogP contribution in [0, 0.1) is 25.7 Å². The fraction of sp³-hybridized carbons (Fsp3) is 0.458. The second-order valence-electron chi connectivity index (χ2n) is 8.64. The second kappa shape index (κ2) is 8.56. The van der Waals surface area contributed by atoms with Crippen molar-refractivity contribution in [2.24, 2.45) is 11.8 Å². The van der Waals surface area contributed by atoms with Crippen LogP contribution in [0.15, 0.2) is 30.5 Å². The summed E-state index contributed by atoms with van der Waals surface area (Å²) in [6, 6.07) is 8.07. The van der Waals surface area contributed by atoms with Gasteiger partial charge >= 0.3 is 0 Å². The summed E-state index contributed by atoms with van der Waals surface area (Å²) in [5.41, 5.74) is 5.28. The highest BCUT2D eigenvalue weighted by atomic mass is 16.2. The van der Waals surface area contributed by atoms with Gasteiger partial charge in [0.15, 0.2) is 0 Å². The molecule has 2 aromatic heterocycles. The SMILES string of the molecule is CCC(C(=O)Nc1cc(-c2nc3c(C)cc(C)cc3[nH]2)ccn1)C1CCN(C)CC1. The van der Waals surface area contributed by atoms with Gasteiger partial charge in [-0.15, -0.1) is 0 Å². The molecule has 6 heteroatoms. The summed E-state index contributed by atoms with van der Waals surface area (Å²) < 4.78 is 0. The number of hydrogen-bond acceptors (Lipinski definition) is 4. The zero-order valence-electron chi connectivity index (χ0n) is 18.3. The number of anilines is 1. The molecule has 1 unspecified atom stereocenters. The van der Waals surface area contributed by atoms with Gasteiger partial charge in [0, 0.05) is 17.7 Å². The lowest BCUT2D eigenvalue weighted by molar-refractivity contribution is -0.122. The number of aromatic nitrogens is 3. The molecule has 3 heterocycles. The van der Waals surface area contributed by atoms with Crippen LogP contribution in [0.1, 0.15) is 37.3 Å². The average molecular weight is 406 g/mol. The standard InChI is InChI=1S/C24H31N5O/c1-5-19(17-7-10-29(4)11-8-17)24(30)27-21-14-18(6-9-25-21)23-26-20-13-15(2)12-16(3)22(20)28-23/h6,9,12-14,17,19H,5,7-8,10-11H2,1-4H3,(H,26,28)(H,25,27,30). The number of nitrogens with one attached hydrogen (secondary N) is 2. The molecule has 1 aliphatic rings. The maximum absolute atomic E-state index is 13.0. The van der Waals surface area contributed by atoms with Crippen molar-refractivity contribution in [3.8, 4) is 11.4 Å². The molecule has 0 bridgehead atoms. The van der Waals surface area contributed by atoms with E-state index in [1.54, 1.807) is 6.20 Å². The van der Waals surface area contributed by atoms with E-state index in [4.69, 9.17) is 4.98 Å². The molecular weight excluding hydrogens is 374 g/mol. The molecule has 1 atom stereocenters. The van der Waals surface area contributed by atoms with Crippen LogP contribution in [-0.4, -0.2) is 45.9 Å². The number of nitrogens with zero attached hydrogens (tertiary/aromatic N) is 3. The summed E-state index contributed by atoms with van der Waals surface area (Å²) in [4.78, 5) is 27.9. The number of likely N-dealkylation sites (tertiary alicyclic amines) is 1. The predicted molar refractivity (Wildman–Crippen MR) is 121 cm³/mol. The van der Waals surface area contributed by atoms with Gasteiger partial charge in [0.05, 0.1) is 11.0 Å². The minimum atomic E-state index is 0.0287. The van der Waals surface area contributed by atoms with E-state index in [0.29, 0.717) is 11.7 Å². The van der Waals surface area contributed by atoms with E-state index in [1.165, 1.54) is 5.56 Å². The van der Waals surface area contributed by atoms with Gasteiger partial charge in [0.2, 0.25) is 5.91 Å². The number of piperidine rings is 1. The topological polar surface area (TPSA) is 73.9 Å². The second-order valence-corrected chi connectivity index (χ2v) is 8.64. The Bertz CT molecular complexity index is 1050. The normalized spacial score (nSPS) is 16.7. The first-order valence-electron chi connectivity index (χ1n) is 10.9. The summed E-state index contributed by atoms with van der Waals surface area (Å²) in [6.07, 6.45) is 4.73. The van der Waals surface area contributed by atoms with E-state index in [2.05, 4.69) is 60.1 Å². The first-order chi connectivity index (χ1) is 14.4. The summed E-state index contributed by atoms with van der Waals surface area (Å²) >= 11 is 0. The molecule has 0 aliphatic carbocycles. The van der Waals surface area contributed by atoms with Crippen molar-refractivity contribution in [1.82, 2.24) is 19.9 Å². The number of rotatable bonds is 5. The lowest BCUT2D eigenvalue weighted by atomic mass is 9.82. The minimum absolute atomic E-state index is 0.0287. The van der Waals surface area contributed by atoms with E-state index in [1.807, 2.05) is 12.1 Å². The Morgan fingerprint density at radius 2 is 2.03 bits per heavy atom. The first-order valence-corrected chi connectivity index (χ1v) is 10.9. The molecule has 4 rings (SSSR count). The molecule has 2 N–H and O–H groups in total. The molecule has 1 aromatic carbocycles. The van der Waals surface area contributed by atoms with Crippen LogP contribution in [0.25, 0.3) is 22.4 Å². The van der Waals surface area contributed by atoms with Crippen molar-refractivity contribution in [2.45, 2.75) is 40.0 Å². The van der Waals surface area contributed by atoms with Crippen LogP contribution in [0.4, 0.5) is 5.82 Å². The summed E-state index contributed by atoms with van der Waals surface area (Å²) in [7, 11) is 2.15. The Morgan fingerprint density at radius 1 is 1.27 bits per heavy atom. The Labute approximate surface area is 178 Å². The number of H-pyrrole nitrogens is 1. The fourth-order valence-corrected chi connectivity index (χ4v) is 4.64. The maximum Gasteiger partial charge on any atom is 0.228 e. The third kappa shape index (κ3) is 4.24. The van der Waals surface area contributed by atoms with Crippen molar-refractivity contribution >= 4 is 22.8 Å². The van der Waals surface area contributed by atoms with Gasteiger partial charge in [0.1, 0.15) is 11.6 Å². The summed E-state index contributed by atoms with van der Waals surface area (Å²) in [6.45, 7) is 8.39. The van der Waals surface area contributed by atoms with E-state index in [9.17, 15) is 4.79 Å². The smallest absolute Gasteiger partial charge is 0.228 e. The van der Waals surface area contributed by atoms with Gasteiger partial charge in [-0.1, -0.05) is 13.0 Å². The third-order valence-corrected chi connectivity index (χ3v) is 6.32. The van der Waals surface area contributed by atoms with Crippen molar-refractivity contribution in [3.63, 3.8) is 0 Å². The monoisotopic (exact) mass is 405 g/mol. The number of carbonyl (C=O) groups excluding carboxylic acids is 1. The maximum atomic E-state index is 13.0. The highest BCUT2D eigenvalue weighted by molar-refractivity contribution is 5.92. The number of aryl methyl sites for hydroxylation is 2. The highest BCUT2D eigenvalue weighted by Gasteiger charge is 2.29. The molecule has 158 valence electrons. The molecule has 1 amide bonds. The quantitative estimate of drug-likeness (QED) is 0.653. The van der Waals surface area contributed by atoms with E-state index in [0.717, 1.165) is 60.3 Å². The third-order valence-electron chi connectivity index (χ3n) is 6.32. The molecule has 0 saturated carbocycles. The van der Waals surface area contributed by atoms with Gasteiger partial charge in [-0.25, -0.2) is 9.97 Å². The van der Waals surface area contributed by atoms with Gasteiger partial charge in [-0.2, -0.15) is 0 Å². The number of amides is 1. The van der Waals surface area contributed by atoms with Crippen molar-refractivity contribution in [3.05, 3.63) is 41.6 Å². The predicted octanol–water partition coefficient (Wildman–Crippen LogP) is 4.55. The molecule has 1 fully saturated rings. The Hall–Kier alpha value is -2.73. The zero-order valence-corrected chi connectivity index (χ0v) is 18.3. The van der Waals surface area contributed by atoms with Crippen LogP contribution in [0.5, 0.6) is 0 Å². The molecular formula is C24H31N5O.